The molecule has 2 fully saturated rings. The van der Waals surface area contributed by atoms with Gasteiger partial charge in [0.25, 0.3) is 0 Å². The third-order valence-electron chi connectivity index (χ3n) is 5.00. The molecule has 5 heteroatoms. The molecule has 1 heterocycles. The Morgan fingerprint density at radius 2 is 2.10 bits per heavy atom. The number of nitrogens with zero attached hydrogens (tertiary/aromatic N) is 1. The van der Waals surface area contributed by atoms with Crippen molar-refractivity contribution >= 4 is 5.97 Å². The molecule has 2 rings (SSSR count). The summed E-state index contributed by atoms with van der Waals surface area (Å²) in [7, 11) is 0. The van der Waals surface area contributed by atoms with Crippen molar-refractivity contribution in [1.29, 1.82) is 0 Å². The molecule has 0 bridgehead atoms. The van der Waals surface area contributed by atoms with Crippen LogP contribution in [-0.2, 0) is 9.53 Å². The molecule has 0 aromatic heterocycles. The van der Waals surface area contributed by atoms with Crippen LogP contribution in [0.25, 0.3) is 0 Å². The molecule has 0 radical (unpaired) electrons. The van der Waals surface area contributed by atoms with E-state index in [0.717, 1.165) is 44.9 Å². The smallest absolute Gasteiger partial charge is 0.317 e. The third kappa shape index (κ3) is 4.94. The summed E-state index contributed by atoms with van der Waals surface area (Å²) in [4.78, 5) is 12.9. The van der Waals surface area contributed by atoms with Crippen LogP contribution < -0.4 is 5.32 Å². The highest BCUT2D eigenvalue weighted by Crippen LogP contribution is 2.27. The Morgan fingerprint density at radius 1 is 1.33 bits per heavy atom. The van der Waals surface area contributed by atoms with Crippen molar-refractivity contribution in [2.24, 2.45) is 5.92 Å². The minimum Gasteiger partial charge on any atom is -0.480 e. The Labute approximate surface area is 128 Å². The minimum atomic E-state index is -0.721. The Hall–Kier alpha value is -0.650. The first kappa shape index (κ1) is 16.7. The van der Waals surface area contributed by atoms with Crippen molar-refractivity contribution in [3.05, 3.63) is 0 Å². The van der Waals surface area contributed by atoms with Gasteiger partial charge in [0.15, 0.2) is 0 Å². The lowest BCUT2D eigenvalue weighted by Crippen LogP contribution is -2.54. The van der Waals surface area contributed by atoms with Crippen LogP contribution in [0.5, 0.6) is 0 Å². The molecule has 5 nitrogen and oxygen atoms in total. The zero-order valence-corrected chi connectivity index (χ0v) is 13.4. The molecule has 2 N–H and O–H groups in total. The Bertz CT molecular complexity index is 331. The average Bonchev–Trinajstić information content (AvgIpc) is 2.44. The number of likely N-dealkylation sites (N-methyl/N-ethyl adjacent to an activating group) is 1. The van der Waals surface area contributed by atoms with Crippen molar-refractivity contribution in [2.45, 2.75) is 64.1 Å². The first-order chi connectivity index (χ1) is 10.1. The van der Waals surface area contributed by atoms with E-state index in [2.05, 4.69) is 17.1 Å². The number of hydrogen-bond donors (Lipinski definition) is 2. The zero-order valence-electron chi connectivity index (χ0n) is 13.4. The maximum atomic E-state index is 10.8. The SMILES string of the molecule is CCC1CC(CNC2CC(N(CC)CC(=O)O)C2)CCO1. The zero-order chi connectivity index (χ0) is 15.2. The second kappa shape index (κ2) is 8.11. The van der Waals surface area contributed by atoms with E-state index in [4.69, 9.17) is 9.84 Å². The van der Waals surface area contributed by atoms with Gasteiger partial charge in [-0.05, 0) is 51.1 Å². The number of hydrogen-bond acceptors (Lipinski definition) is 4. The van der Waals surface area contributed by atoms with Gasteiger partial charge in [-0.2, -0.15) is 0 Å². The molecule has 1 aliphatic heterocycles. The van der Waals surface area contributed by atoms with Crippen molar-refractivity contribution in [3.63, 3.8) is 0 Å². The molecular formula is C16H30N2O3. The van der Waals surface area contributed by atoms with Crippen molar-refractivity contribution < 1.29 is 14.6 Å². The number of aliphatic carboxylic acids is 1. The molecular weight excluding hydrogens is 268 g/mol. The van der Waals surface area contributed by atoms with Crippen molar-refractivity contribution in [2.75, 3.05) is 26.2 Å². The van der Waals surface area contributed by atoms with Crippen molar-refractivity contribution in [1.82, 2.24) is 10.2 Å². The number of carboxylic acids is 1. The van der Waals surface area contributed by atoms with E-state index in [1.165, 1.54) is 12.8 Å². The van der Waals surface area contributed by atoms with Gasteiger partial charge in [0.1, 0.15) is 0 Å². The molecule has 1 aliphatic carbocycles. The summed E-state index contributed by atoms with van der Waals surface area (Å²) in [5.41, 5.74) is 0. The van der Waals surface area contributed by atoms with Crippen LogP contribution in [0.4, 0.5) is 0 Å². The molecule has 0 aromatic rings. The summed E-state index contributed by atoms with van der Waals surface area (Å²) < 4.78 is 5.71. The van der Waals surface area contributed by atoms with Gasteiger partial charge in [-0.3, -0.25) is 9.69 Å². The molecule has 2 aliphatic rings. The Balaban J connectivity index is 1.62. The predicted molar refractivity (Wildman–Crippen MR) is 82.5 cm³/mol. The van der Waals surface area contributed by atoms with Crippen LogP contribution in [-0.4, -0.2) is 60.4 Å². The fourth-order valence-electron chi connectivity index (χ4n) is 3.49. The van der Waals surface area contributed by atoms with E-state index >= 15 is 0 Å². The van der Waals surface area contributed by atoms with Gasteiger partial charge in [0, 0.05) is 18.7 Å². The van der Waals surface area contributed by atoms with Gasteiger partial charge in [-0.25, -0.2) is 0 Å². The summed E-state index contributed by atoms with van der Waals surface area (Å²) in [6.07, 6.45) is 6.08. The lowest BCUT2D eigenvalue weighted by atomic mass is 9.84. The highest BCUT2D eigenvalue weighted by Gasteiger charge is 2.34. The van der Waals surface area contributed by atoms with Gasteiger partial charge in [0.05, 0.1) is 12.6 Å². The second-order valence-corrected chi connectivity index (χ2v) is 6.48. The quantitative estimate of drug-likeness (QED) is 0.714. The predicted octanol–water partition coefficient (Wildman–Crippen LogP) is 1.72. The van der Waals surface area contributed by atoms with Gasteiger partial charge in [-0.15, -0.1) is 0 Å². The Kier molecular flexibility index (Phi) is 6.45. The molecule has 21 heavy (non-hydrogen) atoms. The number of ether oxygens (including phenoxy) is 1. The largest absolute Gasteiger partial charge is 0.480 e. The molecule has 1 saturated heterocycles. The lowest BCUT2D eigenvalue weighted by molar-refractivity contribution is -0.139. The normalized spacial score (nSPS) is 32.9. The summed E-state index contributed by atoms with van der Waals surface area (Å²) >= 11 is 0. The Morgan fingerprint density at radius 3 is 2.71 bits per heavy atom. The standard InChI is InChI=1S/C16H30N2O3/c1-3-15-7-12(5-6-21-15)10-17-13-8-14(9-13)18(4-2)11-16(19)20/h12-15,17H,3-11H2,1-2H3,(H,19,20). The van der Waals surface area contributed by atoms with Gasteiger partial charge >= 0.3 is 5.97 Å². The lowest BCUT2D eigenvalue weighted by Gasteiger charge is -2.43. The molecule has 0 amide bonds. The average molecular weight is 298 g/mol. The molecule has 2 unspecified atom stereocenters. The van der Waals surface area contributed by atoms with Crippen LogP contribution in [0.3, 0.4) is 0 Å². The van der Waals surface area contributed by atoms with E-state index < -0.39 is 5.97 Å². The van der Waals surface area contributed by atoms with Gasteiger partial charge in [0.2, 0.25) is 0 Å². The van der Waals surface area contributed by atoms with E-state index in [-0.39, 0.29) is 6.54 Å². The van der Waals surface area contributed by atoms with Gasteiger partial charge < -0.3 is 15.2 Å². The van der Waals surface area contributed by atoms with E-state index in [0.29, 0.717) is 18.2 Å². The fourth-order valence-corrected chi connectivity index (χ4v) is 3.49. The first-order valence-corrected chi connectivity index (χ1v) is 8.43. The van der Waals surface area contributed by atoms with E-state index in [1.807, 2.05) is 6.92 Å². The topological polar surface area (TPSA) is 61.8 Å². The highest BCUT2D eigenvalue weighted by atomic mass is 16.5. The number of rotatable bonds is 8. The third-order valence-corrected chi connectivity index (χ3v) is 5.00. The molecule has 2 atom stereocenters. The number of carbonyl (C=O) groups is 1. The first-order valence-electron chi connectivity index (χ1n) is 8.43. The minimum absolute atomic E-state index is 0.173. The van der Waals surface area contributed by atoms with E-state index in [1.54, 1.807) is 0 Å². The highest BCUT2D eigenvalue weighted by molar-refractivity contribution is 5.69. The summed E-state index contributed by atoms with van der Waals surface area (Å²) in [6, 6.07) is 1.02. The van der Waals surface area contributed by atoms with Crippen LogP contribution in [0.2, 0.25) is 0 Å². The summed E-state index contributed by atoms with van der Waals surface area (Å²) in [5.74, 6) is 0.0186. The maximum absolute atomic E-state index is 10.8. The van der Waals surface area contributed by atoms with Crippen LogP contribution in [0.1, 0.15) is 46.0 Å². The maximum Gasteiger partial charge on any atom is 0.317 e. The molecule has 122 valence electrons. The van der Waals surface area contributed by atoms with Crippen LogP contribution in [0, 0.1) is 5.92 Å². The summed E-state index contributed by atoms with van der Waals surface area (Å²) in [5, 5.41) is 12.6. The van der Waals surface area contributed by atoms with Gasteiger partial charge in [-0.1, -0.05) is 13.8 Å². The molecule has 1 saturated carbocycles. The molecule has 0 aromatic carbocycles. The monoisotopic (exact) mass is 298 g/mol. The van der Waals surface area contributed by atoms with Crippen LogP contribution in [0.15, 0.2) is 0 Å². The van der Waals surface area contributed by atoms with Crippen LogP contribution >= 0.6 is 0 Å². The van der Waals surface area contributed by atoms with E-state index in [9.17, 15) is 4.79 Å². The fraction of sp³-hybridized carbons (Fsp3) is 0.938. The number of carboxylic acid groups (broad SMARTS) is 1. The van der Waals surface area contributed by atoms with Crippen molar-refractivity contribution in [3.8, 4) is 0 Å². The second-order valence-electron chi connectivity index (χ2n) is 6.48. The molecule has 0 spiro atoms. The number of nitrogens with one attached hydrogen (secondary N) is 1. The summed E-state index contributed by atoms with van der Waals surface area (Å²) in [6.45, 7) is 7.21.